The summed E-state index contributed by atoms with van der Waals surface area (Å²) in [5.74, 6) is -3.62. The molecular formula is C33H37N5O8. The number of rotatable bonds is 11. The predicted octanol–water partition coefficient (Wildman–Crippen LogP) is 2.85. The molecule has 3 aromatic rings. The topological polar surface area (TPSA) is 201 Å². The summed E-state index contributed by atoms with van der Waals surface area (Å²) in [5.41, 5.74) is 8.64. The van der Waals surface area contributed by atoms with Crippen molar-refractivity contribution in [1.82, 2.24) is 5.32 Å². The van der Waals surface area contributed by atoms with E-state index < -0.39 is 35.7 Å². The summed E-state index contributed by atoms with van der Waals surface area (Å²) in [7, 11) is 0. The highest BCUT2D eigenvalue weighted by atomic mass is 16.5. The summed E-state index contributed by atoms with van der Waals surface area (Å²) in [6.07, 6.45) is 0.111. The number of amidine groups is 1. The quantitative estimate of drug-likeness (QED) is 0.0913. The number of nitrogen functional groups attached to an aromatic ring is 1. The molecule has 6 N–H and O–H groups in total. The van der Waals surface area contributed by atoms with E-state index in [-0.39, 0.29) is 37.9 Å². The number of nitrogens with two attached hydrogens (primary N) is 1. The number of carbonyl (C=O) groups is 5. The van der Waals surface area contributed by atoms with Crippen LogP contribution in [0, 0.1) is 11.3 Å². The molecule has 0 radical (unpaired) electrons. The van der Waals surface area contributed by atoms with Crippen molar-refractivity contribution < 1.29 is 38.6 Å². The number of benzene rings is 3. The zero-order chi connectivity index (χ0) is 33.8. The second-order valence-electron chi connectivity index (χ2n) is 10.3. The minimum atomic E-state index is -1.14. The maximum Gasteiger partial charge on any atom is 0.328 e. The Kier molecular flexibility index (Phi) is 12.4. The van der Waals surface area contributed by atoms with E-state index in [1.165, 1.54) is 6.92 Å². The van der Waals surface area contributed by atoms with Crippen LogP contribution in [0.25, 0.3) is 0 Å². The number of esters is 1. The van der Waals surface area contributed by atoms with E-state index >= 15 is 0 Å². The van der Waals surface area contributed by atoms with E-state index in [1.807, 2.05) is 30.3 Å². The summed E-state index contributed by atoms with van der Waals surface area (Å²) >= 11 is 0. The van der Waals surface area contributed by atoms with Crippen molar-refractivity contribution in [3.63, 3.8) is 0 Å². The van der Waals surface area contributed by atoms with Gasteiger partial charge in [0, 0.05) is 24.2 Å². The number of hydrogen-bond donors (Lipinski definition) is 5. The van der Waals surface area contributed by atoms with Crippen molar-refractivity contribution in [3.8, 4) is 5.75 Å². The van der Waals surface area contributed by atoms with Crippen LogP contribution in [0.4, 0.5) is 11.4 Å². The number of hydrogen-bond acceptors (Lipinski definition) is 8. The molecule has 13 nitrogen and oxygen atoms in total. The summed E-state index contributed by atoms with van der Waals surface area (Å²) in [6.45, 7) is 4.52. The minimum absolute atomic E-state index is 0.0408. The summed E-state index contributed by atoms with van der Waals surface area (Å²) in [4.78, 5) is 62.0. The Hall–Kier alpha value is -5.72. The van der Waals surface area contributed by atoms with Gasteiger partial charge in [-0.25, -0.2) is 4.79 Å². The lowest BCUT2D eigenvalue weighted by Gasteiger charge is -2.30. The van der Waals surface area contributed by atoms with Crippen LogP contribution in [0.1, 0.15) is 37.5 Å². The van der Waals surface area contributed by atoms with Crippen molar-refractivity contribution in [2.45, 2.75) is 39.8 Å². The van der Waals surface area contributed by atoms with E-state index in [1.54, 1.807) is 54.3 Å². The second-order valence-corrected chi connectivity index (χ2v) is 10.3. The predicted molar refractivity (Wildman–Crippen MR) is 170 cm³/mol. The molecule has 0 saturated carbocycles. The van der Waals surface area contributed by atoms with Gasteiger partial charge in [-0.1, -0.05) is 54.6 Å². The number of amides is 3. The summed E-state index contributed by atoms with van der Waals surface area (Å²) < 4.78 is 10.6. The standard InChI is InChI=1S/C31H33N5O6.C2H4O2/c1-3-41-31(40)19(2)34-29(38)24(15-20-7-5-4-6-8-20)30(39)35-23-13-14-25-26(16-23)42-18-27(37)36(25)17-21-9-11-22(12-10-21)28(32)33;1-2(3)4/h4-14,16,19,24H,3,15,17-18H2,1-2H3,(H3,32,33)(H,34,38)(H,35,39);1H3,(H,3,4)/t19-,24?;/m0./s1. The van der Waals surface area contributed by atoms with Crippen LogP contribution < -0.4 is 26.0 Å². The zero-order valence-corrected chi connectivity index (χ0v) is 25.7. The molecule has 0 spiro atoms. The van der Waals surface area contributed by atoms with Crippen LogP contribution in [-0.4, -0.2) is 59.9 Å². The largest absolute Gasteiger partial charge is 0.481 e. The number of carboxylic acids is 1. The number of nitrogens with one attached hydrogen (secondary N) is 3. The third-order valence-electron chi connectivity index (χ3n) is 6.69. The highest BCUT2D eigenvalue weighted by Gasteiger charge is 2.31. The van der Waals surface area contributed by atoms with Gasteiger partial charge in [-0.3, -0.25) is 24.6 Å². The maximum absolute atomic E-state index is 13.4. The van der Waals surface area contributed by atoms with Gasteiger partial charge < -0.3 is 35.8 Å². The highest BCUT2D eigenvalue weighted by Crippen LogP contribution is 2.35. The van der Waals surface area contributed by atoms with Gasteiger partial charge in [0.05, 0.1) is 18.8 Å². The van der Waals surface area contributed by atoms with E-state index in [2.05, 4.69) is 10.6 Å². The molecular weight excluding hydrogens is 594 g/mol. The van der Waals surface area contributed by atoms with Crippen LogP contribution in [-0.2, 0) is 41.7 Å². The number of fused-ring (bicyclic) bond motifs is 1. The second kappa shape index (κ2) is 16.4. The molecule has 0 aromatic heterocycles. The third-order valence-corrected chi connectivity index (χ3v) is 6.69. The fourth-order valence-electron chi connectivity index (χ4n) is 4.45. The van der Waals surface area contributed by atoms with Crippen molar-refractivity contribution in [1.29, 1.82) is 5.41 Å². The van der Waals surface area contributed by atoms with E-state index in [9.17, 15) is 19.2 Å². The molecule has 1 aliphatic heterocycles. The van der Waals surface area contributed by atoms with E-state index in [0.717, 1.165) is 18.1 Å². The van der Waals surface area contributed by atoms with Gasteiger partial charge >= 0.3 is 5.97 Å². The maximum atomic E-state index is 13.4. The lowest BCUT2D eigenvalue weighted by Crippen LogP contribution is -2.46. The monoisotopic (exact) mass is 631 g/mol. The molecule has 242 valence electrons. The average molecular weight is 632 g/mol. The first-order chi connectivity index (χ1) is 21.9. The Morgan fingerprint density at radius 3 is 2.28 bits per heavy atom. The van der Waals surface area contributed by atoms with Gasteiger partial charge in [-0.05, 0) is 43.5 Å². The molecule has 2 atom stereocenters. The molecule has 0 aliphatic carbocycles. The van der Waals surface area contributed by atoms with Gasteiger partial charge in [0.2, 0.25) is 11.8 Å². The molecule has 0 saturated heterocycles. The minimum Gasteiger partial charge on any atom is -0.481 e. The molecule has 1 aliphatic rings. The lowest BCUT2D eigenvalue weighted by atomic mass is 9.97. The van der Waals surface area contributed by atoms with Gasteiger partial charge in [0.15, 0.2) is 6.61 Å². The Morgan fingerprint density at radius 1 is 1.02 bits per heavy atom. The van der Waals surface area contributed by atoms with Crippen molar-refractivity contribution in [3.05, 3.63) is 89.5 Å². The van der Waals surface area contributed by atoms with Crippen LogP contribution >= 0.6 is 0 Å². The van der Waals surface area contributed by atoms with Crippen LogP contribution in [0.2, 0.25) is 0 Å². The normalized spacial score (nSPS) is 13.0. The molecule has 1 heterocycles. The molecule has 0 fully saturated rings. The molecule has 4 rings (SSSR count). The Labute approximate surface area is 266 Å². The van der Waals surface area contributed by atoms with Gasteiger partial charge in [0.25, 0.3) is 11.9 Å². The molecule has 3 amide bonds. The van der Waals surface area contributed by atoms with Gasteiger partial charge in [0.1, 0.15) is 23.5 Å². The van der Waals surface area contributed by atoms with E-state index in [0.29, 0.717) is 22.7 Å². The first-order valence-electron chi connectivity index (χ1n) is 14.4. The molecule has 0 bridgehead atoms. The number of anilines is 2. The molecule has 46 heavy (non-hydrogen) atoms. The van der Waals surface area contributed by atoms with Crippen molar-refractivity contribution in [2.75, 3.05) is 23.4 Å². The Bertz CT molecular complexity index is 1570. The third kappa shape index (κ3) is 9.91. The van der Waals surface area contributed by atoms with Crippen LogP contribution in [0.3, 0.4) is 0 Å². The lowest BCUT2D eigenvalue weighted by molar-refractivity contribution is -0.148. The smallest absolute Gasteiger partial charge is 0.328 e. The Morgan fingerprint density at radius 2 is 1.67 bits per heavy atom. The van der Waals surface area contributed by atoms with Crippen molar-refractivity contribution >= 4 is 46.9 Å². The Balaban J connectivity index is 0.00000136. The van der Waals surface area contributed by atoms with Crippen LogP contribution in [0.5, 0.6) is 5.75 Å². The van der Waals surface area contributed by atoms with Gasteiger partial charge in [-0.2, -0.15) is 0 Å². The van der Waals surface area contributed by atoms with Crippen molar-refractivity contribution in [2.24, 2.45) is 11.7 Å². The number of carboxylic acid groups (broad SMARTS) is 1. The van der Waals surface area contributed by atoms with Crippen LogP contribution in [0.15, 0.2) is 72.8 Å². The average Bonchev–Trinajstić information content (AvgIpc) is 3.01. The summed E-state index contributed by atoms with van der Waals surface area (Å²) in [5, 5.41) is 20.3. The first kappa shape index (κ1) is 34.8. The SMILES string of the molecule is CC(=O)O.CCOC(=O)[C@H](C)NC(=O)C(Cc1ccccc1)C(=O)Nc1ccc2c(c1)OCC(=O)N2Cc1ccc(C(=N)N)cc1. The number of aliphatic carboxylic acids is 1. The summed E-state index contributed by atoms with van der Waals surface area (Å²) in [6, 6.07) is 20.1. The van der Waals surface area contributed by atoms with E-state index in [4.69, 9.17) is 30.5 Å². The first-order valence-corrected chi connectivity index (χ1v) is 14.4. The highest BCUT2D eigenvalue weighted by molar-refractivity contribution is 6.08. The molecule has 3 aromatic carbocycles. The number of nitrogens with zero attached hydrogens (tertiary/aromatic N) is 1. The number of ether oxygens (including phenoxy) is 2. The fourth-order valence-corrected chi connectivity index (χ4v) is 4.45. The van der Waals surface area contributed by atoms with Gasteiger partial charge in [-0.15, -0.1) is 0 Å². The fraction of sp³-hybridized carbons (Fsp3) is 0.273. The molecule has 1 unspecified atom stereocenters. The molecule has 13 heteroatoms. The zero-order valence-electron chi connectivity index (χ0n) is 25.7. The number of carbonyl (C=O) groups excluding carboxylic acids is 4.